The molecule has 2 aromatic heterocycles. The monoisotopic (exact) mass is 372 g/mol. The first kappa shape index (κ1) is 18.1. The van der Waals surface area contributed by atoms with Crippen LogP contribution in [-0.4, -0.2) is 54.8 Å². The zero-order valence-electron chi connectivity index (χ0n) is 15.1. The number of aliphatic hydroxyl groups excluding tert-OH is 3. The summed E-state index contributed by atoms with van der Waals surface area (Å²) in [6.45, 7) is 1.75. The molecule has 1 aliphatic rings. The quantitative estimate of drug-likeness (QED) is 0.528. The van der Waals surface area contributed by atoms with Gasteiger partial charge in [0.25, 0.3) is 0 Å². The van der Waals surface area contributed by atoms with E-state index in [0.717, 1.165) is 41.1 Å². The number of nitrogens with two attached hydrogens (primary N) is 1. The van der Waals surface area contributed by atoms with Crippen LogP contribution in [-0.2, 0) is 11.2 Å². The highest BCUT2D eigenvalue weighted by Crippen LogP contribution is 2.40. The second-order valence-electron chi connectivity index (χ2n) is 6.97. The van der Waals surface area contributed by atoms with E-state index < -0.39 is 24.5 Å². The molecule has 1 aromatic carbocycles. The van der Waals surface area contributed by atoms with Gasteiger partial charge in [-0.2, -0.15) is 0 Å². The van der Waals surface area contributed by atoms with Crippen LogP contribution in [0.5, 0.6) is 0 Å². The second kappa shape index (κ2) is 7.05. The largest absolute Gasteiger partial charge is 0.394 e. The SMILES string of the molecule is CCCCc1cccc2c1c1c(N)ncnc1n2[C@@H]1O[C@H](CO)[C@@H](O)[C@H]1O. The van der Waals surface area contributed by atoms with Crippen molar-refractivity contribution in [1.29, 1.82) is 0 Å². The third-order valence-electron chi connectivity index (χ3n) is 5.29. The van der Waals surface area contributed by atoms with E-state index in [2.05, 4.69) is 23.0 Å². The van der Waals surface area contributed by atoms with Gasteiger partial charge >= 0.3 is 0 Å². The molecule has 0 saturated carbocycles. The Bertz CT molecular complexity index is 973. The minimum absolute atomic E-state index is 0.361. The molecule has 144 valence electrons. The summed E-state index contributed by atoms with van der Waals surface area (Å²) in [5.41, 5.74) is 8.67. The summed E-state index contributed by atoms with van der Waals surface area (Å²) < 4.78 is 7.52. The number of unbranched alkanes of at least 4 members (excludes halogenated alkanes) is 1. The predicted octanol–water partition coefficient (Wildman–Crippen LogP) is 1.12. The van der Waals surface area contributed by atoms with E-state index in [9.17, 15) is 15.3 Å². The average Bonchev–Trinajstić information content (AvgIpc) is 3.16. The Hall–Kier alpha value is -2.26. The molecule has 4 rings (SSSR count). The standard InChI is InChI=1S/C19H24N4O4/c1-2-3-5-10-6-4-7-11-13(10)14-17(20)21-9-22-18(14)23(11)19-16(26)15(25)12(8-24)27-19/h4,6-7,9,12,15-16,19,24-26H,2-3,5,8H2,1H3,(H2,20,21,22)/t12-,15-,16-,19-/m1/s1. The van der Waals surface area contributed by atoms with Crippen molar-refractivity contribution >= 4 is 27.8 Å². The van der Waals surface area contributed by atoms with Gasteiger partial charge in [0, 0.05) is 5.39 Å². The van der Waals surface area contributed by atoms with Crippen LogP contribution < -0.4 is 5.73 Å². The van der Waals surface area contributed by atoms with Gasteiger partial charge in [-0.1, -0.05) is 25.5 Å². The van der Waals surface area contributed by atoms with E-state index >= 15 is 0 Å². The molecule has 0 unspecified atom stereocenters. The first-order valence-corrected chi connectivity index (χ1v) is 9.22. The van der Waals surface area contributed by atoms with Gasteiger partial charge in [-0.05, 0) is 24.5 Å². The topological polar surface area (TPSA) is 127 Å². The third-order valence-corrected chi connectivity index (χ3v) is 5.29. The van der Waals surface area contributed by atoms with Crippen LogP contribution in [0.4, 0.5) is 5.82 Å². The van der Waals surface area contributed by atoms with Crippen molar-refractivity contribution < 1.29 is 20.1 Å². The number of aryl methyl sites for hydroxylation is 1. The summed E-state index contributed by atoms with van der Waals surface area (Å²) in [7, 11) is 0. The van der Waals surface area contributed by atoms with Crippen LogP contribution in [0.2, 0.25) is 0 Å². The summed E-state index contributed by atoms with van der Waals surface area (Å²) in [6, 6.07) is 5.93. The molecular formula is C19H24N4O4. The van der Waals surface area contributed by atoms with Crippen molar-refractivity contribution in [3.8, 4) is 0 Å². The highest BCUT2D eigenvalue weighted by molar-refractivity contribution is 6.13. The lowest BCUT2D eigenvalue weighted by Crippen LogP contribution is -2.33. The van der Waals surface area contributed by atoms with Crippen molar-refractivity contribution in [2.75, 3.05) is 12.3 Å². The molecule has 0 spiro atoms. The third kappa shape index (κ3) is 2.76. The van der Waals surface area contributed by atoms with Gasteiger partial charge in [-0.3, -0.25) is 4.57 Å². The van der Waals surface area contributed by atoms with Crippen molar-refractivity contribution in [2.45, 2.75) is 50.7 Å². The van der Waals surface area contributed by atoms with Crippen molar-refractivity contribution in [1.82, 2.24) is 14.5 Å². The molecule has 3 heterocycles. The zero-order chi connectivity index (χ0) is 19.1. The molecule has 3 aromatic rings. The predicted molar refractivity (Wildman–Crippen MR) is 101 cm³/mol. The van der Waals surface area contributed by atoms with E-state index in [0.29, 0.717) is 11.5 Å². The number of rotatable bonds is 5. The summed E-state index contributed by atoms with van der Waals surface area (Å²) in [6.07, 6.45) is 0.236. The molecule has 1 saturated heterocycles. The maximum atomic E-state index is 10.5. The van der Waals surface area contributed by atoms with Crippen LogP contribution in [0.15, 0.2) is 24.5 Å². The molecule has 0 amide bonds. The number of aromatic nitrogens is 3. The van der Waals surface area contributed by atoms with E-state index in [1.165, 1.54) is 6.33 Å². The Balaban J connectivity index is 1.99. The van der Waals surface area contributed by atoms with Crippen molar-refractivity contribution in [3.05, 3.63) is 30.1 Å². The Morgan fingerprint density at radius 3 is 2.70 bits per heavy atom. The minimum Gasteiger partial charge on any atom is -0.394 e. The van der Waals surface area contributed by atoms with E-state index in [1.54, 1.807) is 4.57 Å². The fourth-order valence-electron chi connectivity index (χ4n) is 3.93. The lowest BCUT2D eigenvalue weighted by molar-refractivity contribution is -0.0489. The number of benzene rings is 1. The molecule has 4 atom stereocenters. The number of nitrogen functional groups attached to an aromatic ring is 1. The van der Waals surface area contributed by atoms with E-state index in [1.807, 2.05) is 12.1 Å². The molecule has 8 nitrogen and oxygen atoms in total. The fraction of sp³-hybridized carbons (Fsp3) is 0.474. The van der Waals surface area contributed by atoms with Gasteiger partial charge < -0.3 is 25.8 Å². The van der Waals surface area contributed by atoms with Gasteiger partial charge in [-0.25, -0.2) is 9.97 Å². The van der Waals surface area contributed by atoms with Crippen molar-refractivity contribution in [3.63, 3.8) is 0 Å². The molecule has 27 heavy (non-hydrogen) atoms. The summed E-state index contributed by atoms with van der Waals surface area (Å²) in [5, 5.41) is 31.8. The molecule has 8 heteroatoms. The number of fused-ring (bicyclic) bond motifs is 3. The number of anilines is 1. The van der Waals surface area contributed by atoms with E-state index in [4.69, 9.17) is 10.5 Å². The maximum Gasteiger partial charge on any atom is 0.165 e. The van der Waals surface area contributed by atoms with Gasteiger partial charge in [0.2, 0.25) is 0 Å². The van der Waals surface area contributed by atoms with Crippen LogP contribution in [0.25, 0.3) is 21.9 Å². The fourth-order valence-corrected chi connectivity index (χ4v) is 3.93. The number of nitrogens with zero attached hydrogens (tertiary/aromatic N) is 3. The molecule has 0 bridgehead atoms. The Morgan fingerprint density at radius 2 is 2.00 bits per heavy atom. The Kier molecular flexibility index (Phi) is 4.73. The van der Waals surface area contributed by atoms with Crippen LogP contribution >= 0.6 is 0 Å². The first-order chi connectivity index (χ1) is 13.1. The molecule has 0 aliphatic carbocycles. The van der Waals surface area contributed by atoms with E-state index in [-0.39, 0.29) is 6.61 Å². The Labute approximate surface area is 156 Å². The molecule has 5 N–H and O–H groups in total. The normalized spacial score (nSPS) is 25.6. The number of aliphatic hydroxyl groups is 3. The minimum atomic E-state index is -1.20. The average molecular weight is 372 g/mol. The van der Waals surface area contributed by atoms with Crippen LogP contribution in [0.1, 0.15) is 31.6 Å². The number of ether oxygens (including phenoxy) is 1. The first-order valence-electron chi connectivity index (χ1n) is 9.22. The number of hydrogen-bond donors (Lipinski definition) is 4. The van der Waals surface area contributed by atoms with Gasteiger partial charge in [0.1, 0.15) is 36.1 Å². The van der Waals surface area contributed by atoms with Crippen LogP contribution in [0, 0.1) is 0 Å². The lowest BCUT2D eigenvalue weighted by atomic mass is 10.0. The smallest absolute Gasteiger partial charge is 0.165 e. The summed E-state index contributed by atoms with van der Waals surface area (Å²) in [5.74, 6) is 0.361. The molecule has 1 aliphatic heterocycles. The summed E-state index contributed by atoms with van der Waals surface area (Å²) >= 11 is 0. The van der Waals surface area contributed by atoms with Gasteiger partial charge in [0.05, 0.1) is 17.5 Å². The Morgan fingerprint density at radius 1 is 1.19 bits per heavy atom. The van der Waals surface area contributed by atoms with Gasteiger partial charge in [0.15, 0.2) is 6.23 Å². The van der Waals surface area contributed by atoms with Crippen molar-refractivity contribution in [2.24, 2.45) is 0 Å². The summed E-state index contributed by atoms with van der Waals surface area (Å²) in [4.78, 5) is 8.54. The molecule has 1 fully saturated rings. The number of hydrogen-bond acceptors (Lipinski definition) is 7. The maximum absolute atomic E-state index is 10.5. The lowest BCUT2D eigenvalue weighted by Gasteiger charge is -2.18. The highest BCUT2D eigenvalue weighted by atomic mass is 16.6. The molecular weight excluding hydrogens is 348 g/mol. The van der Waals surface area contributed by atoms with Crippen LogP contribution in [0.3, 0.4) is 0 Å². The second-order valence-corrected chi connectivity index (χ2v) is 6.97. The van der Waals surface area contributed by atoms with Gasteiger partial charge in [-0.15, -0.1) is 0 Å². The molecule has 0 radical (unpaired) electrons. The highest BCUT2D eigenvalue weighted by Gasteiger charge is 2.44. The zero-order valence-corrected chi connectivity index (χ0v) is 15.1.